The highest BCUT2D eigenvalue weighted by atomic mass is 16.5. The van der Waals surface area contributed by atoms with E-state index >= 15 is 0 Å². The van der Waals surface area contributed by atoms with Crippen molar-refractivity contribution in [1.82, 2.24) is 0 Å². The lowest BCUT2D eigenvalue weighted by molar-refractivity contribution is -0.138. The quantitative estimate of drug-likeness (QED) is 0.469. The minimum absolute atomic E-state index is 0.0855. The number of esters is 1. The Bertz CT molecular complexity index is 712. The van der Waals surface area contributed by atoms with Gasteiger partial charge in [0.15, 0.2) is 0 Å². The van der Waals surface area contributed by atoms with Crippen LogP contribution in [0.4, 0.5) is 0 Å². The third-order valence-electron chi connectivity index (χ3n) is 4.76. The second kappa shape index (κ2) is 8.39. The maximum Gasteiger partial charge on any atom is 0.314 e. The Morgan fingerprint density at radius 3 is 1.77 bits per heavy atom. The summed E-state index contributed by atoms with van der Waals surface area (Å²) in [5.41, 5.74) is 2.21. The van der Waals surface area contributed by atoms with Gasteiger partial charge in [-0.15, -0.1) is 0 Å². The smallest absolute Gasteiger partial charge is 0.314 e. The molecule has 0 aliphatic heterocycles. The van der Waals surface area contributed by atoms with Crippen molar-refractivity contribution in [3.8, 4) is 11.5 Å². The van der Waals surface area contributed by atoms with Gasteiger partial charge in [0.2, 0.25) is 0 Å². The summed E-state index contributed by atoms with van der Waals surface area (Å²) in [7, 11) is 0. The number of carbonyl (C=O) groups is 1. The van der Waals surface area contributed by atoms with Crippen molar-refractivity contribution < 1.29 is 14.3 Å². The van der Waals surface area contributed by atoms with Gasteiger partial charge in [-0.25, -0.2) is 0 Å². The molecule has 0 aliphatic rings. The summed E-state index contributed by atoms with van der Waals surface area (Å²) in [6.45, 7) is 12.3. The largest absolute Gasteiger partial charge is 0.491 e. The van der Waals surface area contributed by atoms with Gasteiger partial charge in [0.1, 0.15) is 11.5 Å². The van der Waals surface area contributed by atoms with Crippen LogP contribution in [0.25, 0.3) is 0 Å². The first kappa shape index (κ1) is 20.0. The van der Waals surface area contributed by atoms with Gasteiger partial charge in [0.25, 0.3) is 0 Å². The lowest BCUT2D eigenvalue weighted by Gasteiger charge is -2.26. The molecule has 2 aromatic rings. The van der Waals surface area contributed by atoms with Crippen LogP contribution >= 0.6 is 0 Å². The summed E-state index contributed by atoms with van der Waals surface area (Å²) in [6.07, 6.45) is 0.944. The van der Waals surface area contributed by atoms with Gasteiger partial charge in [-0.05, 0) is 55.7 Å². The molecule has 0 N–H and O–H groups in total. The van der Waals surface area contributed by atoms with Crippen molar-refractivity contribution in [2.75, 3.05) is 0 Å². The van der Waals surface area contributed by atoms with Crippen LogP contribution in [-0.2, 0) is 10.2 Å². The Labute approximate surface area is 157 Å². The Morgan fingerprint density at radius 2 is 1.35 bits per heavy atom. The van der Waals surface area contributed by atoms with E-state index in [0.29, 0.717) is 5.75 Å². The average Bonchev–Trinajstić information content (AvgIpc) is 2.61. The maximum absolute atomic E-state index is 11.9. The Morgan fingerprint density at radius 1 is 0.885 bits per heavy atom. The second-order valence-electron chi connectivity index (χ2n) is 7.57. The van der Waals surface area contributed by atoms with Crippen molar-refractivity contribution in [3.05, 3.63) is 59.7 Å². The summed E-state index contributed by atoms with van der Waals surface area (Å²) in [5.74, 6) is 1.21. The Kier molecular flexibility index (Phi) is 6.47. The van der Waals surface area contributed by atoms with Gasteiger partial charge in [-0.1, -0.05) is 52.0 Å². The SMILES string of the molecule is CCC(C)C(=O)Oc1ccc(C(C)(C)c2ccc(OC(C)C)cc2)cc1. The molecule has 0 saturated carbocycles. The molecule has 1 unspecified atom stereocenters. The molecule has 0 spiro atoms. The summed E-state index contributed by atoms with van der Waals surface area (Å²) < 4.78 is 11.2. The van der Waals surface area contributed by atoms with E-state index in [2.05, 4.69) is 26.0 Å². The molecule has 0 aromatic heterocycles. The Hall–Kier alpha value is -2.29. The predicted molar refractivity (Wildman–Crippen MR) is 106 cm³/mol. The van der Waals surface area contributed by atoms with Gasteiger partial charge >= 0.3 is 5.97 Å². The van der Waals surface area contributed by atoms with Crippen LogP contribution in [0.15, 0.2) is 48.5 Å². The van der Waals surface area contributed by atoms with E-state index in [0.717, 1.165) is 12.2 Å². The first-order valence-electron chi connectivity index (χ1n) is 9.33. The lowest BCUT2D eigenvalue weighted by atomic mass is 9.78. The normalized spacial score (nSPS) is 12.7. The number of hydrogen-bond acceptors (Lipinski definition) is 3. The van der Waals surface area contributed by atoms with E-state index in [1.165, 1.54) is 11.1 Å². The molecule has 0 amide bonds. The number of rotatable bonds is 7. The average molecular weight is 354 g/mol. The van der Waals surface area contributed by atoms with Crippen molar-refractivity contribution in [2.24, 2.45) is 5.92 Å². The van der Waals surface area contributed by atoms with Crippen LogP contribution in [0, 0.1) is 5.92 Å². The van der Waals surface area contributed by atoms with Gasteiger partial charge in [0.05, 0.1) is 12.0 Å². The van der Waals surface area contributed by atoms with Crippen LogP contribution in [0.3, 0.4) is 0 Å². The summed E-state index contributed by atoms with van der Waals surface area (Å²) >= 11 is 0. The maximum atomic E-state index is 11.9. The van der Waals surface area contributed by atoms with Crippen molar-refractivity contribution in [1.29, 1.82) is 0 Å². The predicted octanol–water partition coefficient (Wildman–Crippen LogP) is 5.75. The highest BCUT2D eigenvalue weighted by Crippen LogP contribution is 2.33. The topological polar surface area (TPSA) is 35.5 Å². The molecule has 0 aliphatic carbocycles. The number of benzene rings is 2. The lowest BCUT2D eigenvalue weighted by Crippen LogP contribution is -2.19. The molecular formula is C23H30O3. The number of ether oxygens (including phenoxy) is 2. The summed E-state index contributed by atoms with van der Waals surface area (Å²) in [5, 5.41) is 0. The van der Waals surface area contributed by atoms with E-state index in [9.17, 15) is 4.79 Å². The van der Waals surface area contributed by atoms with Crippen LogP contribution in [0.1, 0.15) is 59.1 Å². The van der Waals surface area contributed by atoms with E-state index in [1.54, 1.807) is 0 Å². The minimum Gasteiger partial charge on any atom is -0.491 e. The fraction of sp³-hybridized carbons (Fsp3) is 0.435. The summed E-state index contributed by atoms with van der Waals surface area (Å²) in [6, 6.07) is 16.0. The van der Waals surface area contributed by atoms with E-state index in [1.807, 2.05) is 64.1 Å². The molecule has 2 rings (SSSR count). The molecule has 2 aromatic carbocycles. The highest BCUT2D eigenvalue weighted by Gasteiger charge is 2.23. The highest BCUT2D eigenvalue weighted by molar-refractivity contribution is 5.74. The molecule has 0 bridgehead atoms. The Balaban J connectivity index is 2.14. The molecule has 140 valence electrons. The zero-order valence-corrected chi connectivity index (χ0v) is 16.7. The van der Waals surface area contributed by atoms with Gasteiger partial charge in [0, 0.05) is 5.41 Å². The van der Waals surface area contributed by atoms with Crippen molar-refractivity contribution >= 4 is 5.97 Å². The minimum atomic E-state index is -0.180. The molecule has 26 heavy (non-hydrogen) atoms. The van der Waals surface area contributed by atoms with Crippen LogP contribution < -0.4 is 9.47 Å². The molecule has 0 heterocycles. The fourth-order valence-corrected chi connectivity index (χ4v) is 2.71. The molecule has 0 fully saturated rings. The fourth-order valence-electron chi connectivity index (χ4n) is 2.71. The van der Waals surface area contributed by atoms with Crippen LogP contribution in [-0.4, -0.2) is 12.1 Å². The zero-order chi connectivity index (χ0) is 19.3. The number of hydrogen-bond donors (Lipinski definition) is 0. The van der Waals surface area contributed by atoms with Gasteiger partial charge in [-0.2, -0.15) is 0 Å². The second-order valence-corrected chi connectivity index (χ2v) is 7.57. The molecular weight excluding hydrogens is 324 g/mol. The first-order chi connectivity index (χ1) is 12.2. The van der Waals surface area contributed by atoms with Crippen LogP contribution in [0.2, 0.25) is 0 Å². The van der Waals surface area contributed by atoms with E-state index in [-0.39, 0.29) is 23.4 Å². The van der Waals surface area contributed by atoms with Crippen molar-refractivity contribution in [3.63, 3.8) is 0 Å². The molecule has 1 atom stereocenters. The molecule has 0 radical (unpaired) electrons. The molecule has 3 heteroatoms. The molecule has 0 saturated heterocycles. The molecule has 3 nitrogen and oxygen atoms in total. The first-order valence-corrected chi connectivity index (χ1v) is 9.33. The van der Waals surface area contributed by atoms with Crippen LogP contribution in [0.5, 0.6) is 11.5 Å². The van der Waals surface area contributed by atoms with E-state index in [4.69, 9.17) is 9.47 Å². The van der Waals surface area contributed by atoms with Crippen molar-refractivity contribution in [2.45, 2.75) is 59.5 Å². The zero-order valence-electron chi connectivity index (χ0n) is 16.7. The third kappa shape index (κ3) is 4.87. The standard InChI is InChI=1S/C23H30O3/c1-7-17(4)22(24)26-21-14-10-19(11-15-21)23(5,6)18-8-12-20(13-9-18)25-16(2)3/h8-17H,7H2,1-6H3. The monoisotopic (exact) mass is 354 g/mol. The summed E-state index contributed by atoms with van der Waals surface area (Å²) in [4.78, 5) is 11.9. The number of carbonyl (C=O) groups excluding carboxylic acids is 1. The van der Waals surface area contributed by atoms with Gasteiger partial charge in [-0.3, -0.25) is 4.79 Å². The van der Waals surface area contributed by atoms with Gasteiger partial charge < -0.3 is 9.47 Å². The third-order valence-corrected chi connectivity index (χ3v) is 4.76. The van der Waals surface area contributed by atoms with E-state index < -0.39 is 0 Å².